The second-order valence-electron chi connectivity index (χ2n) is 3.54. The summed E-state index contributed by atoms with van der Waals surface area (Å²) < 4.78 is 9.95. The zero-order chi connectivity index (χ0) is 9.42. The molecule has 2 aliphatic heterocycles. The van der Waals surface area contributed by atoms with Gasteiger partial charge in [-0.05, 0) is 19.3 Å². The molecule has 0 aromatic rings. The molecule has 4 heteroatoms. The van der Waals surface area contributed by atoms with Gasteiger partial charge in [-0.25, -0.2) is 0 Å². The molecule has 0 radical (unpaired) electrons. The van der Waals surface area contributed by atoms with Gasteiger partial charge in [0, 0.05) is 0 Å². The summed E-state index contributed by atoms with van der Waals surface area (Å²) in [7, 11) is 1.31. The van der Waals surface area contributed by atoms with Crippen molar-refractivity contribution in [3.8, 4) is 0 Å². The minimum atomic E-state index is -0.573. The van der Waals surface area contributed by atoms with Gasteiger partial charge in [-0.15, -0.1) is 0 Å². The van der Waals surface area contributed by atoms with Gasteiger partial charge < -0.3 is 9.47 Å². The van der Waals surface area contributed by atoms with Gasteiger partial charge in [-0.2, -0.15) is 0 Å². The van der Waals surface area contributed by atoms with E-state index >= 15 is 0 Å². The van der Waals surface area contributed by atoms with Crippen molar-refractivity contribution >= 4 is 11.8 Å². The molecule has 0 aromatic heterocycles. The Labute approximate surface area is 76.2 Å². The summed E-state index contributed by atoms with van der Waals surface area (Å²) in [6.45, 7) is 0. The average Bonchev–Trinajstić information content (AvgIpc) is 2.55. The maximum Gasteiger partial charge on any atom is 0.316 e. The number of rotatable bonds is 1. The molecule has 2 rings (SSSR count). The maximum atomic E-state index is 11.6. The number of ketones is 1. The summed E-state index contributed by atoms with van der Waals surface area (Å²) >= 11 is 0. The van der Waals surface area contributed by atoms with Gasteiger partial charge in [0.15, 0.2) is 5.78 Å². The summed E-state index contributed by atoms with van der Waals surface area (Å²) in [5.41, 5.74) is 0. The number of ether oxygens (including phenoxy) is 2. The number of esters is 1. The van der Waals surface area contributed by atoms with Crippen LogP contribution in [0.5, 0.6) is 0 Å². The third-order valence-corrected chi connectivity index (χ3v) is 2.75. The maximum absolute atomic E-state index is 11.6. The average molecular weight is 184 g/mol. The molecule has 13 heavy (non-hydrogen) atoms. The van der Waals surface area contributed by atoms with Crippen LogP contribution >= 0.6 is 0 Å². The van der Waals surface area contributed by atoms with E-state index in [0.29, 0.717) is 6.42 Å². The van der Waals surface area contributed by atoms with Crippen molar-refractivity contribution in [2.75, 3.05) is 7.11 Å². The van der Waals surface area contributed by atoms with Crippen LogP contribution in [0.25, 0.3) is 0 Å². The number of fused-ring (bicyclic) bond motifs is 2. The predicted molar refractivity (Wildman–Crippen MR) is 43.0 cm³/mol. The highest BCUT2D eigenvalue weighted by molar-refractivity contribution is 6.02. The topological polar surface area (TPSA) is 52.6 Å². The molecule has 0 spiro atoms. The highest BCUT2D eigenvalue weighted by Crippen LogP contribution is 2.33. The van der Waals surface area contributed by atoms with E-state index in [1.807, 2.05) is 0 Å². The molecule has 3 atom stereocenters. The van der Waals surface area contributed by atoms with Crippen molar-refractivity contribution in [3.05, 3.63) is 0 Å². The van der Waals surface area contributed by atoms with E-state index in [-0.39, 0.29) is 18.0 Å². The molecule has 0 aromatic carbocycles. The Balaban J connectivity index is 2.13. The van der Waals surface area contributed by atoms with Crippen molar-refractivity contribution in [2.24, 2.45) is 5.92 Å². The van der Waals surface area contributed by atoms with Gasteiger partial charge in [0.05, 0.1) is 13.2 Å². The van der Waals surface area contributed by atoms with E-state index in [1.165, 1.54) is 7.11 Å². The van der Waals surface area contributed by atoms with E-state index in [9.17, 15) is 9.59 Å². The van der Waals surface area contributed by atoms with Crippen molar-refractivity contribution < 1.29 is 19.1 Å². The Bertz CT molecular complexity index is 248. The number of hydrogen-bond acceptors (Lipinski definition) is 4. The SMILES string of the molecule is COC(=O)C1CC2CC[C@@H](O2)C1=O. The summed E-state index contributed by atoms with van der Waals surface area (Å²) in [6, 6.07) is 0. The Morgan fingerprint density at radius 3 is 3.00 bits per heavy atom. The largest absolute Gasteiger partial charge is 0.468 e. The van der Waals surface area contributed by atoms with Crippen LogP contribution in [0.15, 0.2) is 0 Å². The first-order valence-electron chi connectivity index (χ1n) is 4.49. The number of carbonyl (C=O) groups is 2. The summed E-state index contributed by atoms with van der Waals surface area (Å²) in [5.74, 6) is -1.08. The lowest BCUT2D eigenvalue weighted by molar-refractivity contribution is -0.159. The minimum Gasteiger partial charge on any atom is -0.468 e. The van der Waals surface area contributed by atoms with Crippen LogP contribution in [0.2, 0.25) is 0 Å². The summed E-state index contributed by atoms with van der Waals surface area (Å²) in [6.07, 6.45) is 1.90. The van der Waals surface area contributed by atoms with Crippen molar-refractivity contribution in [3.63, 3.8) is 0 Å². The zero-order valence-corrected chi connectivity index (χ0v) is 7.49. The summed E-state index contributed by atoms with van der Waals surface area (Å²) in [4.78, 5) is 22.8. The molecule has 0 amide bonds. The lowest BCUT2D eigenvalue weighted by Crippen LogP contribution is -2.40. The molecule has 2 bridgehead atoms. The zero-order valence-electron chi connectivity index (χ0n) is 7.49. The Kier molecular flexibility index (Phi) is 2.07. The highest BCUT2D eigenvalue weighted by Gasteiger charge is 2.45. The first-order valence-corrected chi connectivity index (χ1v) is 4.49. The van der Waals surface area contributed by atoms with Gasteiger partial charge in [0.25, 0.3) is 0 Å². The molecule has 4 nitrogen and oxygen atoms in total. The fourth-order valence-corrected chi connectivity index (χ4v) is 2.05. The fourth-order valence-electron chi connectivity index (χ4n) is 2.05. The Morgan fingerprint density at radius 1 is 1.54 bits per heavy atom. The van der Waals surface area contributed by atoms with Gasteiger partial charge >= 0.3 is 5.97 Å². The quantitative estimate of drug-likeness (QED) is 0.434. The number of carbonyl (C=O) groups excluding carboxylic acids is 2. The van der Waals surface area contributed by atoms with Crippen LogP contribution in [0, 0.1) is 5.92 Å². The van der Waals surface area contributed by atoms with Gasteiger partial charge in [0.2, 0.25) is 0 Å². The molecule has 2 saturated heterocycles. The third kappa shape index (κ3) is 1.35. The van der Waals surface area contributed by atoms with E-state index in [0.717, 1.165) is 12.8 Å². The molecular weight excluding hydrogens is 172 g/mol. The Hall–Kier alpha value is -0.900. The number of hydrogen-bond donors (Lipinski definition) is 0. The second-order valence-corrected chi connectivity index (χ2v) is 3.54. The summed E-state index contributed by atoms with van der Waals surface area (Å²) in [5, 5.41) is 0. The molecule has 2 unspecified atom stereocenters. The Morgan fingerprint density at radius 2 is 2.31 bits per heavy atom. The molecule has 0 saturated carbocycles. The number of Topliss-reactive ketones (excluding diaryl/α,β-unsaturated/α-hetero) is 1. The molecule has 2 aliphatic rings. The van der Waals surface area contributed by atoms with Crippen LogP contribution in [0.1, 0.15) is 19.3 Å². The van der Waals surface area contributed by atoms with Gasteiger partial charge in [0.1, 0.15) is 12.0 Å². The van der Waals surface area contributed by atoms with Crippen molar-refractivity contribution in [1.29, 1.82) is 0 Å². The molecule has 2 fully saturated rings. The highest BCUT2D eigenvalue weighted by atomic mass is 16.5. The van der Waals surface area contributed by atoms with Crippen LogP contribution in [0.4, 0.5) is 0 Å². The first-order chi connectivity index (χ1) is 6.22. The van der Waals surface area contributed by atoms with Crippen LogP contribution in [-0.2, 0) is 19.1 Å². The monoisotopic (exact) mass is 184 g/mol. The molecular formula is C9H12O4. The lowest BCUT2D eigenvalue weighted by Gasteiger charge is -2.24. The van der Waals surface area contributed by atoms with Crippen LogP contribution < -0.4 is 0 Å². The van der Waals surface area contributed by atoms with Gasteiger partial charge in [-0.3, -0.25) is 9.59 Å². The molecule has 0 N–H and O–H groups in total. The second kappa shape index (κ2) is 3.10. The number of methoxy groups -OCH3 is 1. The van der Waals surface area contributed by atoms with Crippen LogP contribution in [0.3, 0.4) is 0 Å². The smallest absolute Gasteiger partial charge is 0.316 e. The molecule has 2 heterocycles. The minimum absolute atomic E-state index is 0.0896. The van der Waals surface area contributed by atoms with E-state index in [2.05, 4.69) is 4.74 Å². The standard InChI is InChI=1S/C9H12O4/c1-12-9(11)6-4-5-2-3-7(13-5)8(6)10/h5-7H,2-4H2,1H3/t5?,6?,7-/m1/s1. The third-order valence-electron chi connectivity index (χ3n) is 2.75. The lowest BCUT2D eigenvalue weighted by atomic mass is 9.94. The predicted octanol–water partition coefficient (Wildman–Crippen LogP) is 0.296. The molecule has 72 valence electrons. The van der Waals surface area contributed by atoms with Crippen LogP contribution in [-0.4, -0.2) is 31.1 Å². The normalized spacial score (nSPS) is 37.6. The van der Waals surface area contributed by atoms with Crippen molar-refractivity contribution in [2.45, 2.75) is 31.5 Å². The van der Waals surface area contributed by atoms with Crippen molar-refractivity contribution in [1.82, 2.24) is 0 Å². The van der Waals surface area contributed by atoms with Gasteiger partial charge in [-0.1, -0.05) is 0 Å². The van der Waals surface area contributed by atoms with E-state index in [1.54, 1.807) is 0 Å². The van der Waals surface area contributed by atoms with E-state index in [4.69, 9.17) is 4.74 Å². The fraction of sp³-hybridized carbons (Fsp3) is 0.778. The molecule has 0 aliphatic carbocycles. The first kappa shape index (κ1) is 8.69. The van der Waals surface area contributed by atoms with E-state index < -0.39 is 11.9 Å².